The van der Waals surface area contributed by atoms with Crippen LogP contribution in [0.3, 0.4) is 0 Å². The highest BCUT2D eigenvalue weighted by molar-refractivity contribution is 9.10. The zero-order valence-corrected chi connectivity index (χ0v) is 13.1. The predicted octanol–water partition coefficient (Wildman–Crippen LogP) is 3.58. The van der Waals surface area contributed by atoms with Gasteiger partial charge in [0.15, 0.2) is 0 Å². The number of carbonyl (C=O) groups excluding carboxylic acids is 1. The molecule has 0 aliphatic carbocycles. The maximum absolute atomic E-state index is 11.6. The van der Waals surface area contributed by atoms with E-state index in [-0.39, 0.29) is 5.97 Å². The van der Waals surface area contributed by atoms with E-state index >= 15 is 0 Å². The van der Waals surface area contributed by atoms with Gasteiger partial charge in [-0.3, -0.25) is 0 Å². The minimum atomic E-state index is -0.304. The summed E-state index contributed by atoms with van der Waals surface area (Å²) < 4.78 is 7.88. The van der Waals surface area contributed by atoms with Gasteiger partial charge in [0.2, 0.25) is 0 Å². The van der Waals surface area contributed by atoms with Crippen molar-refractivity contribution in [1.82, 2.24) is 4.57 Å². The molecule has 0 fully saturated rings. The average Bonchev–Trinajstić information content (AvgIpc) is 2.83. The molecule has 0 saturated heterocycles. The third-order valence-electron chi connectivity index (χ3n) is 2.99. The molecule has 4 nitrogen and oxygen atoms in total. The number of nitrogens with one attached hydrogen (secondary N) is 1. The largest absolute Gasteiger partial charge is 0.462 e. The molecule has 0 amide bonds. The van der Waals surface area contributed by atoms with Crippen molar-refractivity contribution in [2.24, 2.45) is 7.05 Å². The van der Waals surface area contributed by atoms with Gasteiger partial charge >= 0.3 is 5.97 Å². The van der Waals surface area contributed by atoms with Crippen molar-refractivity contribution in [2.75, 3.05) is 11.9 Å². The van der Waals surface area contributed by atoms with E-state index in [0.29, 0.717) is 12.2 Å². The molecule has 1 aromatic carbocycles. The summed E-state index contributed by atoms with van der Waals surface area (Å²) in [5.41, 5.74) is 2.67. The number of aromatic nitrogens is 1. The van der Waals surface area contributed by atoms with Gasteiger partial charge in [-0.05, 0) is 53.2 Å². The molecule has 0 aliphatic rings. The number of benzene rings is 1. The summed E-state index contributed by atoms with van der Waals surface area (Å²) in [6.45, 7) is 2.90. The highest BCUT2D eigenvalue weighted by atomic mass is 79.9. The van der Waals surface area contributed by atoms with Crippen molar-refractivity contribution in [3.8, 4) is 0 Å². The molecule has 2 aromatic rings. The van der Waals surface area contributed by atoms with Crippen molar-refractivity contribution >= 4 is 27.6 Å². The Morgan fingerprint density at radius 2 is 2.20 bits per heavy atom. The normalized spacial score (nSPS) is 10.3. The second-order valence-corrected chi connectivity index (χ2v) is 5.23. The fraction of sp³-hybridized carbons (Fsp3) is 0.267. The zero-order chi connectivity index (χ0) is 14.5. The SMILES string of the molecule is CCOC(=O)c1ccc(NCc2cccn2C)c(Br)c1. The fourth-order valence-electron chi connectivity index (χ4n) is 1.87. The summed E-state index contributed by atoms with van der Waals surface area (Å²) in [7, 11) is 2.01. The number of ether oxygens (including phenoxy) is 1. The molecule has 0 saturated carbocycles. The molecule has 1 N–H and O–H groups in total. The Morgan fingerprint density at radius 1 is 1.40 bits per heavy atom. The van der Waals surface area contributed by atoms with Crippen LogP contribution in [-0.4, -0.2) is 17.1 Å². The quantitative estimate of drug-likeness (QED) is 0.848. The van der Waals surface area contributed by atoms with E-state index in [0.717, 1.165) is 16.7 Å². The molecule has 2 rings (SSSR count). The molecule has 0 aliphatic heterocycles. The van der Waals surface area contributed by atoms with Gasteiger partial charge in [-0.2, -0.15) is 0 Å². The van der Waals surface area contributed by atoms with Crippen LogP contribution < -0.4 is 5.32 Å². The van der Waals surface area contributed by atoms with E-state index in [4.69, 9.17) is 4.74 Å². The predicted molar refractivity (Wildman–Crippen MR) is 82.8 cm³/mol. The third-order valence-corrected chi connectivity index (χ3v) is 3.65. The second kappa shape index (κ2) is 6.61. The van der Waals surface area contributed by atoms with Crippen molar-refractivity contribution < 1.29 is 9.53 Å². The molecule has 0 unspecified atom stereocenters. The van der Waals surface area contributed by atoms with Gasteiger partial charge in [0.1, 0.15) is 0 Å². The lowest BCUT2D eigenvalue weighted by atomic mass is 10.2. The number of anilines is 1. The highest BCUT2D eigenvalue weighted by Gasteiger charge is 2.09. The minimum absolute atomic E-state index is 0.304. The monoisotopic (exact) mass is 336 g/mol. The molecule has 5 heteroatoms. The van der Waals surface area contributed by atoms with Gasteiger partial charge in [0, 0.05) is 29.1 Å². The van der Waals surface area contributed by atoms with Crippen LogP contribution in [0.2, 0.25) is 0 Å². The van der Waals surface area contributed by atoms with Gasteiger partial charge in [-0.25, -0.2) is 4.79 Å². The zero-order valence-electron chi connectivity index (χ0n) is 11.5. The van der Waals surface area contributed by atoms with E-state index in [9.17, 15) is 4.79 Å². The molecule has 0 radical (unpaired) electrons. The Hall–Kier alpha value is -1.75. The number of esters is 1. The molecule has 0 spiro atoms. The summed E-state index contributed by atoms with van der Waals surface area (Å²) in [6, 6.07) is 9.48. The van der Waals surface area contributed by atoms with E-state index in [1.165, 1.54) is 5.69 Å². The van der Waals surface area contributed by atoms with Crippen LogP contribution in [0.25, 0.3) is 0 Å². The van der Waals surface area contributed by atoms with Crippen LogP contribution in [0.15, 0.2) is 41.0 Å². The fourth-order valence-corrected chi connectivity index (χ4v) is 2.38. The summed E-state index contributed by atoms with van der Waals surface area (Å²) in [6.07, 6.45) is 2.01. The molecular weight excluding hydrogens is 320 g/mol. The molecule has 0 bridgehead atoms. The van der Waals surface area contributed by atoms with Crippen LogP contribution >= 0.6 is 15.9 Å². The van der Waals surface area contributed by atoms with E-state index < -0.39 is 0 Å². The maximum atomic E-state index is 11.6. The average molecular weight is 337 g/mol. The van der Waals surface area contributed by atoms with Crippen LogP contribution in [0, 0.1) is 0 Å². The Bertz CT molecular complexity index is 608. The number of carbonyl (C=O) groups is 1. The van der Waals surface area contributed by atoms with Gasteiger partial charge in [0.25, 0.3) is 0 Å². The number of aryl methyl sites for hydroxylation is 1. The van der Waals surface area contributed by atoms with E-state index in [1.807, 2.05) is 25.4 Å². The van der Waals surface area contributed by atoms with Crippen LogP contribution in [0.4, 0.5) is 5.69 Å². The Labute approximate surface area is 126 Å². The maximum Gasteiger partial charge on any atom is 0.338 e. The third kappa shape index (κ3) is 3.42. The van der Waals surface area contributed by atoms with Crippen molar-refractivity contribution in [3.63, 3.8) is 0 Å². The molecular formula is C15H17BrN2O2. The number of nitrogens with zero attached hydrogens (tertiary/aromatic N) is 1. The first-order chi connectivity index (χ1) is 9.61. The van der Waals surface area contributed by atoms with Gasteiger partial charge in [0.05, 0.1) is 18.7 Å². The first-order valence-electron chi connectivity index (χ1n) is 6.42. The standard InChI is InChI=1S/C15H17BrN2O2/c1-3-20-15(19)11-6-7-14(13(16)9-11)17-10-12-5-4-8-18(12)2/h4-9,17H,3,10H2,1-2H3. The summed E-state index contributed by atoms with van der Waals surface area (Å²) in [5, 5.41) is 3.33. The van der Waals surface area contributed by atoms with Crippen molar-refractivity contribution in [3.05, 3.63) is 52.3 Å². The lowest BCUT2D eigenvalue weighted by Gasteiger charge is -2.10. The smallest absolute Gasteiger partial charge is 0.338 e. The summed E-state index contributed by atoms with van der Waals surface area (Å²) in [4.78, 5) is 11.6. The Kier molecular flexibility index (Phi) is 4.84. The van der Waals surface area contributed by atoms with Crippen LogP contribution in [-0.2, 0) is 18.3 Å². The lowest BCUT2D eigenvalue weighted by Crippen LogP contribution is -2.07. The Morgan fingerprint density at radius 3 is 2.80 bits per heavy atom. The molecule has 106 valence electrons. The number of rotatable bonds is 5. The van der Waals surface area contributed by atoms with E-state index in [2.05, 4.69) is 31.9 Å². The molecule has 0 atom stereocenters. The van der Waals surface area contributed by atoms with Gasteiger partial charge < -0.3 is 14.6 Å². The van der Waals surface area contributed by atoms with Crippen LogP contribution in [0.1, 0.15) is 23.0 Å². The minimum Gasteiger partial charge on any atom is -0.462 e. The number of halogens is 1. The summed E-state index contributed by atoms with van der Waals surface area (Å²) >= 11 is 3.47. The van der Waals surface area contributed by atoms with Crippen molar-refractivity contribution in [2.45, 2.75) is 13.5 Å². The summed E-state index contributed by atoms with van der Waals surface area (Å²) in [5.74, 6) is -0.304. The lowest BCUT2D eigenvalue weighted by molar-refractivity contribution is 0.0526. The molecule has 20 heavy (non-hydrogen) atoms. The first kappa shape index (κ1) is 14.7. The van der Waals surface area contributed by atoms with Crippen LogP contribution in [0.5, 0.6) is 0 Å². The first-order valence-corrected chi connectivity index (χ1v) is 7.22. The Balaban J connectivity index is 2.06. The van der Waals surface area contributed by atoms with Gasteiger partial charge in [-0.1, -0.05) is 0 Å². The van der Waals surface area contributed by atoms with Gasteiger partial charge in [-0.15, -0.1) is 0 Å². The number of hydrogen-bond donors (Lipinski definition) is 1. The molecule has 1 aromatic heterocycles. The molecule has 1 heterocycles. The topological polar surface area (TPSA) is 43.3 Å². The number of hydrogen-bond acceptors (Lipinski definition) is 3. The van der Waals surface area contributed by atoms with Crippen molar-refractivity contribution in [1.29, 1.82) is 0 Å². The highest BCUT2D eigenvalue weighted by Crippen LogP contribution is 2.24. The second-order valence-electron chi connectivity index (χ2n) is 4.38. The van der Waals surface area contributed by atoms with E-state index in [1.54, 1.807) is 19.1 Å².